The van der Waals surface area contributed by atoms with Crippen LogP contribution in [0.2, 0.25) is 10.0 Å². The third-order valence-corrected chi connectivity index (χ3v) is 4.62. The Morgan fingerprint density at radius 1 is 1.15 bits per heavy atom. The smallest absolute Gasteiger partial charge is 0.234 e. The number of hydrogen-bond donors (Lipinski definition) is 2. The summed E-state index contributed by atoms with van der Waals surface area (Å²) < 4.78 is 1.64. The number of aromatic nitrogens is 3. The van der Waals surface area contributed by atoms with E-state index in [0.717, 1.165) is 0 Å². The molecule has 2 N–H and O–H groups in total. The van der Waals surface area contributed by atoms with E-state index in [1.54, 1.807) is 40.9 Å². The van der Waals surface area contributed by atoms with Gasteiger partial charge in [-0.3, -0.25) is 14.0 Å². The Morgan fingerprint density at radius 2 is 1.88 bits per heavy atom. The average molecular weight is 410 g/mol. The zero-order valence-corrected chi connectivity index (χ0v) is 15.8. The molecule has 2 amide bonds. The van der Waals surface area contributed by atoms with Gasteiger partial charge in [-0.05, 0) is 24.3 Å². The summed E-state index contributed by atoms with van der Waals surface area (Å²) in [6, 6.07) is 8.47. The van der Waals surface area contributed by atoms with E-state index in [0.29, 0.717) is 32.2 Å². The Balaban J connectivity index is 1.65. The molecular formula is C16H13Cl2N5O2S. The number of benzene rings is 1. The molecule has 3 rings (SSSR count). The van der Waals surface area contributed by atoms with Crippen molar-refractivity contribution < 1.29 is 9.59 Å². The predicted molar refractivity (Wildman–Crippen MR) is 103 cm³/mol. The minimum Gasteiger partial charge on any atom is -0.326 e. The summed E-state index contributed by atoms with van der Waals surface area (Å²) in [5.74, 6) is -0.283. The number of thioether (sulfide) groups is 1. The topological polar surface area (TPSA) is 88.4 Å². The van der Waals surface area contributed by atoms with Gasteiger partial charge in [0.15, 0.2) is 10.8 Å². The van der Waals surface area contributed by atoms with Crippen molar-refractivity contribution in [3.8, 4) is 0 Å². The molecule has 0 aliphatic rings. The molecule has 0 aliphatic carbocycles. The zero-order valence-electron chi connectivity index (χ0n) is 13.5. The van der Waals surface area contributed by atoms with Crippen LogP contribution in [0.5, 0.6) is 0 Å². The van der Waals surface area contributed by atoms with Gasteiger partial charge in [0, 0.05) is 24.5 Å². The molecule has 3 aromatic rings. The number of hydrogen-bond acceptors (Lipinski definition) is 5. The number of fused-ring (bicyclic) bond motifs is 1. The molecule has 0 saturated heterocycles. The van der Waals surface area contributed by atoms with E-state index < -0.39 is 0 Å². The molecule has 10 heteroatoms. The van der Waals surface area contributed by atoms with Crippen molar-refractivity contribution in [1.29, 1.82) is 0 Å². The number of carbonyl (C=O) groups excluding carboxylic acids is 2. The number of carbonyl (C=O) groups is 2. The highest BCUT2D eigenvalue weighted by Crippen LogP contribution is 2.25. The van der Waals surface area contributed by atoms with Gasteiger partial charge < -0.3 is 10.6 Å². The number of halogens is 2. The normalized spacial score (nSPS) is 10.7. The largest absolute Gasteiger partial charge is 0.326 e. The standard InChI is InChI=1S/C16H13Cl2N5O2S/c1-9(24)19-11-3-2-4-12(6-11)20-14(25)8-26-16-22-21-15-13(18)5-10(17)7-23(15)16/h2-7H,8H2,1H3,(H,19,24)(H,20,25). The van der Waals surface area contributed by atoms with Crippen molar-refractivity contribution in [1.82, 2.24) is 14.6 Å². The third kappa shape index (κ3) is 4.46. The molecule has 0 atom stereocenters. The van der Waals surface area contributed by atoms with Gasteiger partial charge in [0.05, 0.1) is 15.8 Å². The molecule has 134 valence electrons. The number of anilines is 2. The van der Waals surface area contributed by atoms with Gasteiger partial charge in [-0.2, -0.15) is 0 Å². The molecule has 0 saturated carbocycles. The maximum absolute atomic E-state index is 12.2. The molecule has 7 nitrogen and oxygen atoms in total. The Labute approximate surface area is 163 Å². The van der Waals surface area contributed by atoms with Crippen molar-refractivity contribution >= 4 is 63.8 Å². The molecule has 0 aliphatic heterocycles. The van der Waals surface area contributed by atoms with E-state index in [1.807, 2.05) is 0 Å². The lowest BCUT2D eigenvalue weighted by Crippen LogP contribution is -2.14. The van der Waals surface area contributed by atoms with Crippen molar-refractivity contribution in [3.05, 3.63) is 46.6 Å². The maximum Gasteiger partial charge on any atom is 0.234 e. The lowest BCUT2D eigenvalue weighted by molar-refractivity contribution is -0.114. The monoisotopic (exact) mass is 409 g/mol. The second-order valence-electron chi connectivity index (χ2n) is 5.28. The minimum atomic E-state index is -0.222. The predicted octanol–water partition coefficient (Wildman–Crippen LogP) is 3.73. The van der Waals surface area contributed by atoms with Crippen LogP contribution in [-0.4, -0.2) is 32.2 Å². The van der Waals surface area contributed by atoms with Crippen molar-refractivity contribution in [2.24, 2.45) is 0 Å². The molecule has 2 aromatic heterocycles. The zero-order chi connectivity index (χ0) is 18.7. The Bertz CT molecular complexity index is 992. The number of amides is 2. The van der Waals surface area contributed by atoms with Crippen molar-refractivity contribution in [2.45, 2.75) is 12.1 Å². The molecular weight excluding hydrogens is 397 g/mol. The Hall–Kier alpha value is -2.29. The number of nitrogens with zero attached hydrogens (tertiary/aromatic N) is 3. The third-order valence-electron chi connectivity index (χ3n) is 3.19. The number of pyridine rings is 1. The van der Waals surface area contributed by atoms with E-state index in [2.05, 4.69) is 20.8 Å². The van der Waals surface area contributed by atoms with Gasteiger partial charge in [-0.15, -0.1) is 10.2 Å². The second kappa shape index (κ2) is 7.94. The van der Waals surface area contributed by atoms with Crippen LogP contribution in [0.25, 0.3) is 5.65 Å². The summed E-state index contributed by atoms with van der Waals surface area (Å²) in [7, 11) is 0. The summed E-state index contributed by atoms with van der Waals surface area (Å²) >= 11 is 13.3. The van der Waals surface area contributed by atoms with Gasteiger partial charge in [0.25, 0.3) is 0 Å². The van der Waals surface area contributed by atoms with Crippen LogP contribution in [0.1, 0.15) is 6.92 Å². The summed E-state index contributed by atoms with van der Waals surface area (Å²) in [5.41, 5.74) is 1.66. The quantitative estimate of drug-likeness (QED) is 0.626. The van der Waals surface area contributed by atoms with Gasteiger partial charge in [0.1, 0.15) is 0 Å². The molecule has 1 aromatic carbocycles. The number of nitrogens with one attached hydrogen (secondary N) is 2. The van der Waals surface area contributed by atoms with E-state index in [-0.39, 0.29) is 17.6 Å². The van der Waals surface area contributed by atoms with Gasteiger partial charge in [0.2, 0.25) is 11.8 Å². The highest BCUT2D eigenvalue weighted by molar-refractivity contribution is 7.99. The minimum absolute atomic E-state index is 0.120. The molecule has 0 spiro atoms. The van der Waals surface area contributed by atoms with E-state index >= 15 is 0 Å². The summed E-state index contributed by atoms with van der Waals surface area (Å²) in [5, 5.41) is 14.8. The lowest BCUT2D eigenvalue weighted by atomic mass is 10.2. The fourth-order valence-corrected chi connectivity index (χ4v) is 3.42. The molecule has 0 fully saturated rings. The molecule has 0 unspecified atom stereocenters. The summed E-state index contributed by atoms with van der Waals surface area (Å²) in [4.78, 5) is 23.3. The van der Waals surface area contributed by atoms with Crippen LogP contribution < -0.4 is 10.6 Å². The Morgan fingerprint density at radius 3 is 2.62 bits per heavy atom. The van der Waals surface area contributed by atoms with E-state index in [4.69, 9.17) is 23.2 Å². The van der Waals surface area contributed by atoms with Crippen molar-refractivity contribution in [3.63, 3.8) is 0 Å². The first kappa shape index (κ1) is 18.5. The van der Waals surface area contributed by atoms with Crippen LogP contribution >= 0.6 is 35.0 Å². The molecule has 0 radical (unpaired) electrons. The average Bonchev–Trinajstić information content (AvgIpc) is 2.96. The van der Waals surface area contributed by atoms with Crippen LogP contribution in [0, 0.1) is 0 Å². The lowest BCUT2D eigenvalue weighted by Gasteiger charge is -2.07. The first-order valence-electron chi connectivity index (χ1n) is 7.42. The highest BCUT2D eigenvalue weighted by atomic mass is 35.5. The maximum atomic E-state index is 12.2. The summed E-state index contributed by atoms with van der Waals surface area (Å²) in [6.07, 6.45) is 1.64. The van der Waals surface area contributed by atoms with E-state index in [9.17, 15) is 9.59 Å². The molecule has 0 bridgehead atoms. The fraction of sp³-hybridized carbons (Fsp3) is 0.125. The Kier molecular flexibility index (Phi) is 5.65. The van der Waals surface area contributed by atoms with E-state index in [1.165, 1.54) is 18.7 Å². The van der Waals surface area contributed by atoms with Gasteiger partial charge >= 0.3 is 0 Å². The molecule has 2 heterocycles. The number of rotatable bonds is 5. The van der Waals surface area contributed by atoms with Gasteiger partial charge in [-0.25, -0.2) is 0 Å². The first-order valence-corrected chi connectivity index (χ1v) is 9.16. The van der Waals surface area contributed by atoms with Gasteiger partial charge in [-0.1, -0.05) is 41.0 Å². The van der Waals surface area contributed by atoms with Crippen molar-refractivity contribution in [2.75, 3.05) is 16.4 Å². The fourth-order valence-electron chi connectivity index (χ4n) is 2.21. The van der Waals surface area contributed by atoms with Crippen LogP contribution in [0.4, 0.5) is 11.4 Å². The van der Waals surface area contributed by atoms with Crippen LogP contribution in [0.3, 0.4) is 0 Å². The molecule has 26 heavy (non-hydrogen) atoms. The highest BCUT2D eigenvalue weighted by Gasteiger charge is 2.12. The first-order chi connectivity index (χ1) is 12.4. The SMILES string of the molecule is CC(=O)Nc1cccc(NC(=O)CSc2nnc3c(Cl)cc(Cl)cn23)c1. The van der Waals surface area contributed by atoms with Crippen LogP contribution in [-0.2, 0) is 9.59 Å². The summed E-state index contributed by atoms with van der Waals surface area (Å²) in [6.45, 7) is 1.42. The second-order valence-corrected chi connectivity index (χ2v) is 7.07. The van der Waals surface area contributed by atoms with Crippen LogP contribution in [0.15, 0.2) is 41.7 Å².